The van der Waals surface area contributed by atoms with Gasteiger partial charge in [-0.1, -0.05) is 11.6 Å². The van der Waals surface area contributed by atoms with Crippen LogP contribution in [0.25, 0.3) is 0 Å². The molecule has 2 heterocycles. The van der Waals surface area contributed by atoms with Gasteiger partial charge in [-0.05, 0) is 25.0 Å². The van der Waals surface area contributed by atoms with E-state index >= 15 is 0 Å². The van der Waals surface area contributed by atoms with Crippen molar-refractivity contribution >= 4 is 17.5 Å². The van der Waals surface area contributed by atoms with Crippen LogP contribution in [0.15, 0.2) is 18.3 Å². The zero-order chi connectivity index (χ0) is 14.4. The van der Waals surface area contributed by atoms with Gasteiger partial charge in [0.2, 0.25) is 11.8 Å². The number of carbonyl (C=O) groups is 1. The first-order valence-corrected chi connectivity index (χ1v) is 6.88. The second kappa shape index (κ2) is 6.88. The molecule has 6 nitrogen and oxygen atoms in total. The van der Waals surface area contributed by atoms with Crippen molar-refractivity contribution in [3.05, 3.63) is 23.4 Å². The normalized spacial score (nSPS) is 17.5. The Balaban J connectivity index is 1.73. The van der Waals surface area contributed by atoms with Gasteiger partial charge in [0.15, 0.2) is 0 Å². The average Bonchev–Trinajstić information content (AvgIpc) is 2.46. The summed E-state index contributed by atoms with van der Waals surface area (Å²) in [5, 5.41) is 3.21. The van der Waals surface area contributed by atoms with Gasteiger partial charge in [0.05, 0.1) is 12.1 Å². The number of carbonyl (C=O) groups excluding carboxylic acids is 1. The zero-order valence-corrected chi connectivity index (χ0v) is 11.9. The molecule has 1 fully saturated rings. The van der Waals surface area contributed by atoms with Gasteiger partial charge >= 0.3 is 0 Å². The second-order valence-electron chi connectivity index (χ2n) is 4.66. The number of ether oxygens (including phenoxy) is 2. The number of pyridine rings is 1. The Morgan fingerprint density at radius 1 is 1.55 bits per heavy atom. The number of hydrogen-bond acceptors (Lipinski definition) is 5. The van der Waals surface area contributed by atoms with Crippen LogP contribution in [0.1, 0.15) is 12.8 Å². The molecule has 3 N–H and O–H groups in total. The third kappa shape index (κ3) is 3.82. The summed E-state index contributed by atoms with van der Waals surface area (Å²) in [7, 11) is 0. The van der Waals surface area contributed by atoms with E-state index in [4.69, 9.17) is 26.8 Å². The van der Waals surface area contributed by atoms with Crippen molar-refractivity contribution in [2.24, 2.45) is 5.73 Å². The molecule has 2 rings (SSSR count). The third-order valence-corrected chi connectivity index (χ3v) is 3.48. The lowest BCUT2D eigenvalue weighted by atomic mass is 9.90. The highest BCUT2D eigenvalue weighted by atomic mass is 35.5. The minimum Gasteiger partial charge on any atom is -0.475 e. The first-order valence-electron chi connectivity index (χ1n) is 6.50. The standard InChI is InChI=1S/C13H18ClN3O3/c14-10-2-1-5-16-11(10)20-9-6-17-12(18)13(15)3-7-19-8-4-13/h1-2,5H,3-4,6-9,15H2,(H,17,18). The molecular weight excluding hydrogens is 282 g/mol. The van der Waals surface area contributed by atoms with E-state index in [9.17, 15) is 4.79 Å². The molecule has 1 aliphatic heterocycles. The van der Waals surface area contributed by atoms with E-state index in [0.717, 1.165) is 0 Å². The monoisotopic (exact) mass is 299 g/mol. The van der Waals surface area contributed by atoms with E-state index in [0.29, 0.717) is 43.5 Å². The molecule has 1 aromatic rings. The SMILES string of the molecule is NC1(C(=O)NCCOc2ncccc2Cl)CCOCC1. The van der Waals surface area contributed by atoms with Crippen molar-refractivity contribution in [1.82, 2.24) is 10.3 Å². The largest absolute Gasteiger partial charge is 0.475 e. The lowest BCUT2D eigenvalue weighted by Crippen LogP contribution is -2.57. The van der Waals surface area contributed by atoms with Gasteiger partial charge < -0.3 is 20.5 Å². The Morgan fingerprint density at radius 3 is 3.00 bits per heavy atom. The molecule has 0 aliphatic carbocycles. The Morgan fingerprint density at radius 2 is 2.30 bits per heavy atom. The van der Waals surface area contributed by atoms with Gasteiger partial charge in [0.25, 0.3) is 0 Å². The van der Waals surface area contributed by atoms with Gasteiger partial charge in [-0.3, -0.25) is 4.79 Å². The number of nitrogens with zero attached hydrogens (tertiary/aromatic N) is 1. The van der Waals surface area contributed by atoms with Gasteiger partial charge in [0, 0.05) is 19.4 Å². The molecule has 20 heavy (non-hydrogen) atoms. The van der Waals surface area contributed by atoms with E-state index in [2.05, 4.69) is 10.3 Å². The molecular formula is C13H18ClN3O3. The maximum Gasteiger partial charge on any atom is 0.240 e. The van der Waals surface area contributed by atoms with Crippen LogP contribution in [0.5, 0.6) is 5.88 Å². The Labute approximate surface area is 122 Å². The van der Waals surface area contributed by atoms with Gasteiger partial charge in [0.1, 0.15) is 11.6 Å². The summed E-state index contributed by atoms with van der Waals surface area (Å²) in [5.41, 5.74) is 5.22. The van der Waals surface area contributed by atoms with E-state index in [1.54, 1.807) is 18.3 Å². The Hall–Kier alpha value is -1.37. The highest BCUT2D eigenvalue weighted by Crippen LogP contribution is 2.20. The number of halogens is 1. The quantitative estimate of drug-likeness (QED) is 0.783. The molecule has 0 aromatic carbocycles. The first-order chi connectivity index (χ1) is 9.62. The maximum absolute atomic E-state index is 12.0. The predicted octanol–water partition coefficient (Wildman–Crippen LogP) is 0.738. The minimum atomic E-state index is -0.832. The molecule has 1 saturated heterocycles. The average molecular weight is 300 g/mol. The Bertz CT molecular complexity index is 464. The molecule has 1 amide bonds. The number of nitrogens with one attached hydrogen (secondary N) is 1. The summed E-state index contributed by atoms with van der Waals surface area (Å²) in [6, 6.07) is 3.42. The second-order valence-corrected chi connectivity index (χ2v) is 5.07. The van der Waals surface area contributed by atoms with Crippen molar-refractivity contribution in [1.29, 1.82) is 0 Å². The van der Waals surface area contributed by atoms with Gasteiger partial charge in [-0.2, -0.15) is 0 Å². The first kappa shape index (κ1) is 15.0. The number of aromatic nitrogens is 1. The fourth-order valence-corrected chi connectivity index (χ4v) is 2.10. The van der Waals surface area contributed by atoms with Crippen LogP contribution >= 0.6 is 11.6 Å². The van der Waals surface area contributed by atoms with Crippen LogP contribution in [0.2, 0.25) is 5.02 Å². The smallest absolute Gasteiger partial charge is 0.240 e. The third-order valence-electron chi connectivity index (χ3n) is 3.19. The molecule has 0 unspecified atom stereocenters. The zero-order valence-electron chi connectivity index (χ0n) is 11.1. The lowest BCUT2D eigenvalue weighted by molar-refractivity contribution is -0.129. The van der Waals surface area contributed by atoms with Crippen molar-refractivity contribution in [2.75, 3.05) is 26.4 Å². The molecule has 110 valence electrons. The van der Waals surface area contributed by atoms with Crippen molar-refractivity contribution in [3.63, 3.8) is 0 Å². The van der Waals surface area contributed by atoms with Crippen molar-refractivity contribution in [2.45, 2.75) is 18.4 Å². The fourth-order valence-electron chi connectivity index (χ4n) is 1.93. The molecule has 1 aliphatic rings. The molecule has 0 atom stereocenters. The lowest BCUT2D eigenvalue weighted by Gasteiger charge is -2.31. The highest BCUT2D eigenvalue weighted by molar-refractivity contribution is 6.31. The molecule has 0 saturated carbocycles. The van der Waals surface area contributed by atoms with E-state index < -0.39 is 5.54 Å². The van der Waals surface area contributed by atoms with Crippen LogP contribution in [-0.2, 0) is 9.53 Å². The highest BCUT2D eigenvalue weighted by Gasteiger charge is 2.35. The maximum atomic E-state index is 12.0. The predicted molar refractivity (Wildman–Crippen MR) is 74.7 cm³/mol. The van der Waals surface area contributed by atoms with Crippen LogP contribution in [0.4, 0.5) is 0 Å². The van der Waals surface area contributed by atoms with Crippen molar-refractivity contribution < 1.29 is 14.3 Å². The van der Waals surface area contributed by atoms with Crippen LogP contribution in [0, 0.1) is 0 Å². The van der Waals surface area contributed by atoms with Gasteiger partial charge in [-0.25, -0.2) is 4.98 Å². The number of nitrogens with two attached hydrogens (primary N) is 1. The van der Waals surface area contributed by atoms with Crippen LogP contribution in [-0.4, -0.2) is 42.8 Å². The van der Waals surface area contributed by atoms with Crippen molar-refractivity contribution in [3.8, 4) is 5.88 Å². The summed E-state index contributed by atoms with van der Waals surface area (Å²) in [4.78, 5) is 16.0. The number of rotatable bonds is 5. The van der Waals surface area contributed by atoms with Crippen LogP contribution in [0.3, 0.4) is 0 Å². The van der Waals surface area contributed by atoms with E-state index in [-0.39, 0.29) is 12.5 Å². The molecule has 1 aromatic heterocycles. The Kier molecular flexibility index (Phi) is 5.17. The van der Waals surface area contributed by atoms with E-state index in [1.807, 2.05) is 0 Å². The molecule has 0 bridgehead atoms. The molecule has 0 spiro atoms. The van der Waals surface area contributed by atoms with Gasteiger partial charge in [-0.15, -0.1) is 0 Å². The number of amides is 1. The molecule has 7 heteroatoms. The summed E-state index contributed by atoms with van der Waals surface area (Å²) in [5.74, 6) is 0.188. The summed E-state index contributed by atoms with van der Waals surface area (Å²) in [6.07, 6.45) is 2.66. The topological polar surface area (TPSA) is 86.5 Å². The fraction of sp³-hybridized carbons (Fsp3) is 0.538. The summed E-state index contributed by atoms with van der Waals surface area (Å²) >= 11 is 5.90. The molecule has 0 radical (unpaired) electrons. The van der Waals surface area contributed by atoms with E-state index in [1.165, 1.54) is 0 Å². The minimum absolute atomic E-state index is 0.170. The van der Waals surface area contributed by atoms with Crippen LogP contribution < -0.4 is 15.8 Å². The summed E-state index contributed by atoms with van der Waals surface area (Å²) in [6.45, 7) is 1.68. The summed E-state index contributed by atoms with van der Waals surface area (Å²) < 4.78 is 10.6. The number of hydrogen-bond donors (Lipinski definition) is 2.